The zero-order valence-electron chi connectivity index (χ0n) is 6.59. The number of rotatable bonds is 0. The van der Waals surface area contributed by atoms with Crippen LogP contribution in [0.15, 0.2) is 18.2 Å². The van der Waals surface area contributed by atoms with Crippen molar-refractivity contribution in [3.05, 3.63) is 23.8 Å². The Morgan fingerprint density at radius 2 is 2.36 bits per heavy atom. The van der Waals surface area contributed by atoms with Crippen molar-refractivity contribution in [3.8, 4) is 0 Å². The zero-order chi connectivity index (χ0) is 7.84. The predicted molar refractivity (Wildman–Crippen MR) is 47.8 cm³/mol. The van der Waals surface area contributed by atoms with Gasteiger partial charge in [-0.15, -0.1) is 0 Å². The van der Waals surface area contributed by atoms with Crippen molar-refractivity contribution < 1.29 is 0 Å². The van der Waals surface area contributed by atoms with Crippen LogP contribution in [0.25, 0.3) is 0 Å². The van der Waals surface area contributed by atoms with E-state index in [1.54, 1.807) is 0 Å². The van der Waals surface area contributed by atoms with Crippen LogP contribution in [0.1, 0.15) is 18.4 Å². The molecule has 1 atom stereocenters. The van der Waals surface area contributed by atoms with E-state index in [1.165, 1.54) is 5.56 Å². The van der Waals surface area contributed by atoms with Gasteiger partial charge in [0, 0.05) is 12.5 Å². The van der Waals surface area contributed by atoms with E-state index in [0.717, 1.165) is 17.9 Å². The van der Waals surface area contributed by atoms with Gasteiger partial charge in [-0.1, -0.05) is 19.1 Å². The van der Waals surface area contributed by atoms with Crippen LogP contribution in [-0.4, -0.2) is 6.54 Å². The zero-order valence-corrected chi connectivity index (χ0v) is 6.59. The van der Waals surface area contributed by atoms with Gasteiger partial charge in [0.05, 0.1) is 11.4 Å². The molecule has 1 aromatic carbocycles. The summed E-state index contributed by atoms with van der Waals surface area (Å²) in [5.41, 5.74) is 9.13. The molecule has 11 heavy (non-hydrogen) atoms. The number of para-hydroxylation sites is 1. The maximum atomic E-state index is 5.77. The van der Waals surface area contributed by atoms with E-state index in [0.29, 0.717) is 5.92 Å². The molecule has 0 saturated heterocycles. The highest BCUT2D eigenvalue weighted by atomic mass is 14.9. The van der Waals surface area contributed by atoms with Gasteiger partial charge >= 0.3 is 0 Å². The molecule has 3 N–H and O–H groups in total. The van der Waals surface area contributed by atoms with Crippen LogP contribution >= 0.6 is 0 Å². The lowest BCUT2D eigenvalue weighted by Gasteiger charge is -2.03. The molecule has 2 heteroatoms. The second kappa shape index (κ2) is 2.16. The Morgan fingerprint density at radius 3 is 3.09 bits per heavy atom. The molecule has 0 fully saturated rings. The molecule has 2 nitrogen and oxygen atoms in total. The quantitative estimate of drug-likeness (QED) is 0.550. The van der Waals surface area contributed by atoms with Gasteiger partial charge < -0.3 is 11.1 Å². The van der Waals surface area contributed by atoms with Gasteiger partial charge in [0.25, 0.3) is 0 Å². The predicted octanol–water partition coefficient (Wildman–Crippen LogP) is 1.80. The highest BCUT2D eigenvalue weighted by molar-refractivity contribution is 5.73. The molecule has 1 unspecified atom stereocenters. The summed E-state index contributed by atoms with van der Waals surface area (Å²) in [4.78, 5) is 0. The van der Waals surface area contributed by atoms with Crippen LogP contribution in [0.5, 0.6) is 0 Å². The summed E-state index contributed by atoms with van der Waals surface area (Å²) >= 11 is 0. The molecule has 1 heterocycles. The molecule has 1 aliphatic heterocycles. The first-order chi connectivity index (χ1) is 5.29. The van der Waals surface area contributed by atoms with Gasteiger partial charge in [-0.3, -0.25) is 0 Å². The third kappa shape index (κ3) is 0.862. The van der Waals surface area contributed by atoms with E-state index in [2.05, 4.69) is 18.3 Å². The smallest absolute Gasteiger partial charge is 0.0610 e. The average Bonchev–Trinajstić information content (AvgIpc) is 2.35. The van der Waals surface area contributed by atoms with Crippen molar-refractivity contribution >= 4 is 11.4 Å². The van der Waals surface area contributed by atoms with Crippen LogP contribution in [0, 0.1) is 0 Å². The Balaban J connectivity index is 2.57. The van der Waals surface area contributed by atoms with Crippen molar-refractivity contribution in [3.63, 3.8) is 0 Å². The summed E-state index contributed by atoms with van der Waals surface area (Å²) in [6.45, 7) is 3.22. The Bertz CT molecular complexity index is 281. The topological polar surface area (TPSA) is 38.0 Å². The highest BCUT2D eigenvalue weighted by Gasteiger charge is 2.18. The number of nitrogens with two attached hydrogens (primary N) is 1. The van der Waals surface area contributed by atoms with E-state index in [1.807, 2.05) is 12.1 Å². The summed E-state index contributed by atoms with van der Waals surface area (Å²) < 4.78 is 0. The number of anilines is 2. The normalized spacial score (nSPS) is 21.0. The van der Waals surface area contributed by atoms with E-state index in [-0.39, 0.29) is 0 Å². The summed E-state index contributed by atoms with van der Waals surface area (Å²) in [7, 11) is 0. The third-order valence-corrected chi connectivity index (χ3v) is 2.24. The van der Waals surface area contributed by atoms with Crippen LogP contribution in [-0.2, 0) is 0 Å². The molecule has 0 aromatic heterocycles. The van der Waals surface area contributed by atoms with Crippen LogP contribution in [0.2, 0.25) is 0 Å². The fraction of sp³-hybridized carbons (Fsp3) is 0.333. The van der Waals surface area contributed by atoms with Gasteiger partial charge in [0.1, 0.15) is 0 Å². The highest BCUT2D eigenvalue weighted by Crippen LogP contribution is 2.34. The summed E-state index contributed by atoms with van der Waals surface area (Å²) in [5.74, 6) is 0.605. The standard InChI is InChI=1S/C9H12N2/c1-6-5-11-9-7(6)3-2-4-8(9)10/h2-4,6,11H,5,10H2,1H3. The third-order valence-electron chi connectivity index (χ3n) is 2.24. The van der Waals surface area contributed by atoms with Gasteiger partial charge in [-0.2, -0.15) is 0 Å². The summed E-state index contributed by atoms with van der Waals surface area (Å²) in [6, 6.07) is 6.08. The summed E-state index contributed by atoms with van der Waals surface area (Å²) in [6.07, 6.45) is 0. The van der Waals surface area contributed by atoms with Crippen LogP contribution < -0.4 is 11.1 Å². The molecule has 0 bridgehead atoms. The maximum Gasteiger partial charge on any atom is 0.0610 e. The van der Waals surface area contributed by atoms with Crippen molar-refractivity contribution in [1.29, 1.82) is 0 Å². The first-order valence-corrected chi connectivity index (χ1v) is 3.91. The maximum absolute atomic E-state index is 5.77. The molecule has 0 spiro atoms. The van der Waals surface area contributed by atoms with E-state index < -0.39 is 0 Å². The molecular formula is C9H12N2. The lowest BCUT2D eigenvalue weighted by Crippen LogP contribution is -1.97. The number of hydrogen-bond acceptors (Lipinski definition) is 2. The first-order valence-electron chi connectivity index (χ1n) is 3.91. The number of nitrogens with one attached hydrogen (secondary N) is 1. The number of fused-ring (bicyclic) bond motifs is 1. The molecule has 0 radical (unpaired) electrons. The molecule has 0 amide bonds. The summed E-state index contributed by atoms with van der Waals surface area (Å²) in [5, 5.41) is 3.29. The lowest BCUT2D eigenvalue weighted by atomic mass is 10.0. The molecule has 0 aliphatic carbocycles. The molecule has 1 aliphatic rings. The minimum absolute atomic E-state index is 0.605. The lowest BCUT2D eigenvalue weighted by molar-refractivity contribution is 0.854. The average molecular weight is 148 g/mol. The van der Waals surface area contributed by atoms with Crippen molar-refractivity contribution in [2.24, 2.45) is 0 Å². The molecular weight excluding hydrogens is 136 g/mol. The minimum Gasteiger partial charge on any atom is -0.397 e. The number of hydrogen-bond donors (Lipinski definition) is 2. The SMILES string of the molecule is CC1CNc2c(N)cccc21. The monoisotopic (exact) mass is 148 g/mol. The van der Waals surface area contributed by atoms with Gasteiger partial charge in [-0.25, -0.2) is 0 Å². The molecule has 1 aromatic rings. The Kier molecular flexibility index (Phi) is 1.28. The second-order valence-corrected chi connectivity index (χ2v) is 3.09. The van der Waals surface area contributed by atoms with Crippen molar-refractivity contribution in [1.82, 2.24) is 0 Å². The van der Waals surface area contributed by atoms with E-state index >= 15 is 0 Å². The molecule has 58 valence electrons. The van der Waals surface area contributed by atoms with Crippen molar-refractivity contribution in [2.75, 3.05) is 17.6 Å². The number of benzene rings is 1. The molecule has 2 rings (SSSR count). The second-order valence-electron chi connectivity index (χ2n) is 3.09. The fourth-order valence-electron chi connectivity index (χ4n) is 1.57. The van der Waals surface area contributed by atoms with Crippen molar-refractivity contribution in [2.45, 2.75) is 12.8 Å². The largest absolute Gasteiger partial charge is 0.397 e. The number of nitrogen functional groups attached to an aromatic ring is 1. The van der Waals surface area contributed by atoms with Gasteiger partial charge in [0.15, 0.2) is 0 Å². The Morgan fingerprint density at radius 1 is 1.55 bits per heavy atom. The Hall–Kier alpha value is -1.18. The van der Waals surface area contributed by atoms with E-state index in [9.17, 15) is 0 Å². The van der Waals surface area contributed by atoms with E-state index in [4.69, 9.17) is 5.73 Å². The molecule has 0 saturated carbocycles. The van der Waals surface area contributed by atoms with Gasteiger partial charge in [0.2, 0.25) is 0 Å². The van der Waals surface area contributed by atoms with Crippen LogP contribution in [0.3, 0.4) is 0 Å². The minimum atomic E-state index is 0.605. The van der Waals surface area contributed by atoms with Crippen LogP contribution in [0.4, 0.5) is 11.4 Å². The first kappa shape index (κ1) is 6.53. The Labute approximate surface area is 66.4 Å². The van der Waals surface area contributed by atoms with Gasteiger partial charge in [-0.05, 0) is 11.6 Å². The fourth-order valence-corrected chi connectivity index (χ4v) is 1.57.